The first-order valence-electron chi connectivity index (χ1n) is 9.95. The average molecular weight is 414 g/mol. The van der Waals surface area contributed by atoms with E-state index in [1.54, 1.807) is 17.2 Å². The van der Waals surface area contributed by atoms with Gasteiger partial charge in [0.1, 0.15) is 5.76 Å². The fourth-order valence-corrected chi connectivity index (χ4v) is 3.81. The molecular weight excluding hydrogens is 390 g/mol. The molecule has 6 nitrogen and oxygen atoms in total. The molecule has 3 aromatic rings. The number of piperidine rings is 1. The SMILES string of the molecule is CC(C)c1cc(C(=O)N2CCC[C@H](c3ncc(Cc4ccccc4Cl)o3)C2)on1. The second-order valence-corrected chi connectivity index (χ2v) is 8.20. The molecule has 152 valence electrons. The third-order valence-electron chi connectivity index (χ3n) is 5.28. The number of oxazole rings is 1. The van der Waals surface area contributed by atoms with E-state index in [0.717, 1.165) is 29.9 Å². The van der Waals surface area contributed by atoms with Crippen molar-refractivity contribution in [3.8, 4) is 0 Å². The van der Waals surface area contributed by atoms with E-state index in [1.807, 2.05) is 38.1 Å². The Morgan fingerprint density at radius 1 is 1.34 bits per heavy atom. The first-order valence-corrected chi connectivity index (χ1v) is 10.3. The van der Waals surface area contributed by atoms with Gasteiger partial charge in [-0.05, 0) is 30.4 Å². The monoisotopic (exact) mass is 413 g/mol. The molecule has 0 radical (unpaired) electrons. The number of nitrogens with zero attached hydrogens (tertiary/aromatic N) is 3. The molecule has 4 rings (SSSR count). The minimum absolute atomic E-state index is 0.0696. The molecule has 1 aliphatic heterocycles. The predicted molar refractivity (Wildman–Crippen MR) is 109 cm³/mol. The Morgan fingerprint density at radius 3 is 2.93 bits per heavy atom. The van der Waals surface area contributed by atoms with E-state index in [1.165, 1.54) is 0 Å². The summed E-state index contributed by atoms with van der Waals surface area (Å²) in [6, 6.07) is 9.45. The van der Waals surface area contributed by atoms with Crippen molar-refractivity contribution in [2.45, 2.75) is 44.9 Å². The van der Waals surface area contributed by atoms with Crippen LogP contribution in [0.15, 0.2) is 45.5 Å². The van der Waals surface area contributed by atoms with Crippen molar-refractivity contribution in [1.29, 1.82) is 0 Å². The summed E-state index contributed by atoms with van der Waals surface area (Å²) in [7, 11) is 0. The molecule has 1 aliphatic rings. The van der Waals surface area contributed by atoms with Gasteiger partial charge in [0.15, 0.2) is 5.89 Å². The minimum atomic E-state index is -0.128. The van der Waals surface area contributed by atoms with E-state index in [-0.39, 0.29) is 17.7 Å². The number of carbonyl (C=O) groups is 1. The van der Waals surface area contributed by atoms with Crippen molar-refractivity contribution in [3.63, 3.8) is 0 Å². The first kappa shape index (κ1) is 19.7. The lowest BCUT2D eigenvalue weighted by atomic mass is 9.97. The van der Waals surface area contributed by atoms with Crippen LogP contribution in [0.3, 0.4) is 0 Å². The summed E-state index contributed by atoms with van der Waals surface area (Å²) in [5.41, 5.74) is 1.79. The van der Waals surface area contributed by atoms with Gasteiger partial charge in [-0.3, -0.25) is 4.79 Å². The molecule has 1 aromatic carbocycles. The number of carbonyl (C=O) groups excluding carboxylic acids is 1. The lowest BCUT2D eigenvalue weighted by molar-refractivity contribution is 0.0656. The van der Waals surface area contributed by atoms with Crippen molar-refractivity contribution >= 4 is 17.5 Å². The van der Waals surface area contributed by atoms with E-state index in [4.69, 9.17) is 20.5 Å². The van der Waals surface area contributed by atoms with Gasteiger partial charge < -0.3 is 13.8 Å². The van der Waals surface area contributed by atoms with Crippen molar-refractivity contribution < 1.29 is 13.7 Å². The maximum Gasteiger partial charge on any atom is 0.292 e. The van der Waals surface area contributed by atoms with Crippen molar-refractivity contribution in [1.82, 2.24) is 15.0 Å². The summed E-state index contributed by atoms with van der Waals surface area (Å²) in [4.78, 5) is 19.1. The van der Waals surface area contributed by atoms with Gasteiger partial charge in [0.25, 0.3) is 5.91 Å². The first-order chi connectivity index (χ1) is 14.0. The maximum absolute atomic E-state index is 12.8. The van der Waals surface area contributed by atoms with Crippen LogP contribution >= 0.6 is 11.6 Å². The summed E-state index contributed by atoms with van der Waals surface area (Å²) in [6.45, 7) is 5.29. The van der Waals surface area contributed by atoms with Gasteiger partial charge in [-0.2, -0.15) is 0 Å². The van der Waals surface area contributed by atoms with Crippen LogP contribution in [0.25, 0.3) is 0 Å². The fraction of sp³-hybridized carbons (Fsp3) is 0.409. The van der Waals surface area contributed by atoms with E-state index >= 15 is 0 Å². The zero-order chi connectivity index (χ0) is 20.4. The second kappa shape index (κ2) is 8.41. The molecule has 0 bridgehead atoms. The van der Waals surface area contributed by atoms with Gasteiger partial charge in [0.05, 0.1) is 17.8 Å². The number of hydrogen-bond donors (Lipinski definition) is 0. The number of rotatable bonds is 5. The topological polar surface area (TPSA) is 72.4 Å². The van der Waals surface area contributed by atoms with Gasteiger partial charge in [-0.15, -0.1) is 0 Å². The number of aromatic nitrogens is 2. The van der Waals surface area contributed by atoms with Crippen LogP contribution in [0.2, 0.25) is 5.02 Å². The molecule has 7 heteroatoms. The average Bonchev–Trinajstić information content (AvgIpc) is 3.39. The molecule has 0 unspecified atom stereocenters. The molecule has 1 amide bonds. The predicted octanol–water partition coefficient (Wildman–Crippen LogP) is 5.05. The van der Waals surface area contributed by atoms with Crippen LogP contribution in [-0.2, 0) is 6.42 Å². The maximum atomic E-state index is 12.8. The van der Waals surface area contributed by atoms with Crippen LogP contribution in [0, 0.1) is 0 Å². The van der Waals surface area contributed by atoms with Gasteiger partial charge in [-0.25, -0.2) is 4.98 Å². The minimum Gasteiger partial charge on any atom is -0.445 e. The van der Waals surface area contributed by atoms with E-state index in [9.17, 15) is 4.79 Å². The van der Waals surface area contributed by atoms with E-state index in [2.05, 4.69) is 10.1 Å². The highest BCUT2D eigenvalue weighted by atomic mass is 35.5. The van der Waals surface area contributed by atoms with Gasteiger partial charge in [-0.1, -0.05) is 48.8 Å². The van der Waals surface area contributed by atoms with Crippen LogP contribution in [0.5, 0.6) is 0 Å². The van der Waals surface area contributed by atoms with E-state index in [0.29, 0.717) is 36.2 Å². The molecule has 0 saturated carbocycles. The summed E-state index contributed by atoms with van der Waals surface area (Å²) >= 11 is 6.24. The van der Waals surface area contributed by atoms with Crippen LogP contribution in [0.1, 0.15) is 72.0 Å². The Morgan fingerprint density at radius 2 is 2.17 bits per heavy atom. The van der Waals surface area contributed by atoms with Crippen LogP contribution in [-0.4, -0.2) is 34.0 Å². The summed E-state index contributed by atoms with van der Waals surface area (Å²) in [5, 5.41) is 4.71. The highest BCUT2D eigenvalue weighted by molar-refractivity contribution is 6.31. The number of hydrogen-bond acceptors (Lipinski definition) is 5. The Kier molecular flexibility index (Phi) is 5.72. The summed E-state index contributed by atoms with van der Waals surface area (Å²) < 4.78 is 11.3. The molecule has 29 heavy (non-hydrogen) atoms. The molecule has 1 atom stereocenters. The number of amides is 1. The van der Waals surface area contributed by atoms with E-state index < -0.39 is 0 Å². The normalized spacial score (nSPS) is 17.1. The third kappa shape index (κ3) is 4.37. The Balaban J connectivity index is 1.44. The number of halogens is 1. The van der Waals surface area contributed by atoms with Crippen molar-refractivity contribution in [2.24, 2.45) is 0 Å². The highest BCUT2D eigenvalue weighted by Gasteiger charge is 2.30. The zero-order valence-electron chi connectivity index (χ0n) is 16.6. The molecule has 0 N–H and O–H groups in total. The molecule has 1 saturated heterocycles. The molecular formula is C22H24ClN3O3. The van der Waals surface area contributed by atoms with Gasteiger partial charge >= 0.3 is 0 Å². The van der Waals surface area contributed by atoms with Crippen LogP contribution < -0.4 is 0 Å². The molecule has 3 heterocycles. The van der Waals surface area contributed by atoms with Crippen molar-refractivity contribution in [3.05, 3.63) is 70.2 Å². The Hall–Kier alpha value is -2.60. The van der Waals surface area contributed by atoms with Gasteiger partial charge in [0, 0.05) is 30.6 Å². The zero-order valence-corrected chi connectivity index (χ0v) is 17.4. The second-order valence-electron chi connectivity index (χ2n) is 7.79. The number of benzene rings is 1. The summed E-state index contributed by atoms with van der Waals surface area (Å²) in [5.74, 6) is 1.90. The number of likely N-dealkylation sites (tertiary alicyclic amines) is 1. The third-order valence-corrected chi connectivity index (χ3v) is 5.65. The quantitative estimate of drug-likeness (QED) is 0.585. The fourth-order valence-electron chi connectivity index (χ4n) is 3.60. The standard InChI is InChI=1S/C22H24ClN3O3/c1-14(2)19-11-20(29-25-19)22(27)26-9-5-7-16(13-26)21-24-12-17(28-21)10-15-6-3-4-8-18(15)23/h3-4,6,8,11-12,14,16H,5,7,9-10,13H2,1-2H3/t16-/m0/s1. The van der Waals surface area contributed by atoms with Crippen LogP contribution in [0.4, 0.5) is 0 Å². The molecule has 0 aliphatic carbocycles. The largest absolute Gasteiger partial charge is 0.445 e. The smallest absolute Gasteiger partial charge is 0.292 e. The van der Waals surface area contributed by atoms with Gasteiger partial charge in [0.2, 0.25) is 5.76 Å². The summed E-state index contributed by atoms with van der Waals surface area (Å²) in [6.07, 6.45) is 4.18. The highest BCUT2D eigenvalue weighted by Crippen LogP contribution is 2.29. The Labute approximate surface area is 174 Å². The van der Waals surface area contributed by atoms with Crippen molar-refractivity contribution in [2.75, 3.05) is 13.1 Å². The molecule has 0 spiro atoms. The lowest BCUT2D eigenvalue weighted by Gasteiger charge is -2.30. The lowest BCUT2D eigenvalue weighted by Crippen LogP contribution is -2.39. The Bertz CT molecular complexity index is 995. The molecule has 2 aromatic heterocycles. The molecule has 1 fully saturated rings.